The molecule has 1 N–H and O–H groups in total. The predicted molar refractivity (Wildman–Crippen MR) is 93.2 cm³/mol. The summed E-state index contributed by atoms with van der Waals surface area (Å²) in [5.41, 5.74) is 2.46. The van der Waals surface area contributed by atoms with Gasteiger partial charge in [0.05, 0.1) is 26.8 Å². The van der Waals surface area contributed by atoms with E-state index in [1.165, 1.54) is 7.11 Å². The standard InChI is InChI=1S/C18H16ClNO4/c1-22-14-8-11-13(9-15(14)23-2)20-17(18(21)24-3)16(11)10-6-4-5-7-12(10)19/h4-9,20H,1-3H3. The second kappa shape index (κ2) is 6.45. The number of aromatic amines is 1. The first kappa shape index (κ1) is 16.2. The maximum Gasteiger partial charge on any atom is 0.355 e. The Labute approximate surface area is 144 Å². The first-order valence-electron chi connectivity index (χ1n) is 7.21. The molecular weight excluding hydrogens is 330 g/mol. The molecule has 0 unspecified atom stereocenters. The van der Waals surface area contributed by atoms with Gasteiger partial charge in [-0.25, -0.2) is 4.79 Å². The summed E-state index contributed by atoms with van der Waals surface area (Å²) in [6.45, 7) is 0. The summed E-state index contributed by atoms with van der Waals surface area (Å²) < 4.78 is 15.6. The number of hydrogen-bond donors (Lipinski definition) is 1. The molecule has 3 rings (SSSR count). The van der Waals surface area contributed by atoms with Crippen molar-refractivity contribution in [3.8, 4) is 22.6 Å². The summed E-state index contributed by atoms with van der Waals surface area (Å²) in [6.07, 6.45) is 0. The van der Waals surface area contributed by atoms with Crippen LogP contribution >= 0.6 is 11.6 Å². The summed E-state index contributed by atoms with van der Waals surface area (Å²) >= 11 is 6.35. The van der Waals surface area contributed by atoms with Crippen LogP contribution in [0.25, 0.3) is 22.0 Å². The summed E-state index contributed by atoms with van der Waals surface area (Å²) in [4.78, 5) is 15.3. The van der Waals surface area contributed by atoms with Crippen molar-refractivity contribution in [2.45, 2.75) is 0 Å². The van der Waals surface area contributed by atoms with Gasteiger partial charge in [-0.2, -0.15) is 0 Å². The Morgan fingerprint density at radius 3 is 2.33 bits per heavy atom. The van der Waals surface area contributed by atoms with Crippen LogP contribution in [0, 0.1) is 0 Å². The lowest BCUT2D eigenvalue weighted by atomic mass is 10.0. The van der Waals surface area contributed by atoms with E-state index in [2.05, 4.69) is 4.98 Å². The Morgan fingerprint density at radius 1 is 1.04 bits per heavy atom. The molecule has 6 heteroatoms. The van der Waals surface area contributed by atoms with Crippen LogP contribution in [0.5, 0.6) is 11.5 Å². The lowest BCUT2D eigenvalue weighted by molar-refractivity contribution is 0.0596. The fraction of sp³-hybridized carbons (Fsp3) is 0.167. The van der Waals surface area contributed by atoms with Gasteiger partial charge >= 0.3 is 5.97 Å². The summed E-state index contributed by atoms with van der Waals surface area (Å²) in [6, 6.07) is 10.9. The minimum atomic E-state index is -0.473. The Morgan fingerprint density at radius 2 is 1.71 bits per heavy atom. The van der Waals surface area contributed by atoms with Crippen LogP contribution in [0.15, 0.2) is 36.4 Å². The van der Waals surface area contributed by atoms with Crippen molar-refractivity contribution in [1.82, 2.24) is 4.98 Å². The minimum absolute atomic E-state index is 0.330. The molecule has 0 saturated carbocycles. The third-order valence-corrected chi connectivity index (χ3v) is 4.17. The Hall–Kier alpha value is -2.66. The topological polar surface area (TPSA) is 60.6 Å². The highest BCUT2D eigenvalue weighted by atomic mass is 35.5. The number of halogens is 1. The van der Waals surface area contributed by atoms with E-state index in [1.54, 1.807) is 26.4 Å². The number of aromatic nitrogens is 1. The maximum atomic E-state index is 12.2. The van der Waals surface area contributed by atoms with Crippen molar-refractivity contribution < 1.29 is 19.0 Å². The van der Waals surface area contributed by atoms with Crippen LogP contribution in [0.2, 0.25) is 5.02 Å². The molecule has 124 valence electrons. The summed E-state index contributed by atoms with van der Waals surface area (Å²) in [7, 11) is 4.46. The van der Waals surface area contributed by atoms with E-state index < -0.39 is 5.97 Å². The third-order valence-electron chi connectivity index (χ3n) is 3.84. The number of nitrogens with one attached hydrogen (secondary N) is 1. The van der Waals surface area contributed by atoms with Crippen molar-refractivity contribution in [2.75, 3.05) is 21.3 Å². The number of methoxy groups -OCH3 is 3. The van der Waals surface area contributed by atoms with Gasteiger partial charge in [0.15, 0.2) is 11.5 Å². The minimum Gasteiger partial charge on any atom is -0.493 e. The summed E-state index contributed by atoms with van der Waals surface area (Å²) in [5.74, 6) is 0.654. The first-order chi connectivity index (χ1) is 11.6. The normalized spacial score (nSPS) is 10.7. The lowest BCUT2D eigenvalue weighted by Gasteiger charge is -2.09. The quantitative estimate of drug-likeness (QED) is 0.716. The van der Waals surface area contributed by atoms with Crippen molar-refractivity contribution in [2.24, 2.45) is 0 Å². The van der Waals surface area contributed by atoms with E-state index in [0.29, 0.717) is 27.8 Å². The van der Waals surface area contributed by atoms with Gasteiger partial charge in [-0.05, 0) is 12.1 Å². The van der Waals surface area contributed by atoms with Crippen LogP contribution in [0.1, 0.15) is 10.5 Å². The molecule has 0 aliphatic heterocycles. The molecule has 3 aromatic rings. The van der Waals surface area contributed by atoms with Gasteiger partial charge < -0.3 is 19.2 Å². The lowest BCUT2D eigenvalue weighted by Crippen LogP contribution is -2.03. The average molecular weight is 346 g/mol. The molecule has 1 heterocycles. The number of rotatable bonds is 4. The highest BCUT2D eigenvalue weighted by Gasteiger charge is 2.23. The highest BCUT2D eigenvalue weighted by molar-refractivity contribution is 6.34. The smallest absolute Gasteiger partial charge is 0.355 e. The van der Waals surface area contributed by atoms with Crippen LogP contribution in [-0.4, -0.2) is 32.3 Å². The molecule has 24 heavy (non-hydrogen) atoms. The molecule has 0 radical (unpaired) electrons. The van der Waals surface area contributed by atoms with Gasteiger partial charge in [0.1, 0.15) is 5.69 Å². The molecule has 0 saturated heterocycles. The van der Waals surface area contributed by atoms with Crippen molar-refractivity contribution in [3.63, 3.8) is 0 Å². The monoisotopic (exact) mass is 345 g/mol. The Kier molecular flexibility index (Phi) is 4.36. The van der Waals surface area contributed by atoms with Gasteiger partial charge in [0, 0.05) is 27.6 Å². The van der Waals surface area contributed by atoms with E-state index in [9.17, 15) is 4.79 Å². The number of carbonyl (C=O) groups is 1. The van der Waals surface area contributed by atoms with Gasteiger partial charge in [-0.1, -0.05) is 29.8 Å². The Balaban J connectivity index is 2.39. The Bertz CT molecular complexity index is 917. The van der Waals surface area contributed by atoms with Crippen LogP contribution in [-0.2, 0) is 4.74 Å². The average Bonchev–Trinajstić information content (AvgIpc) is 2.98. The number of H-pyrrole nitrogens is 1. The van der Waals surface area contributed by atoms with E-state index >= 15 is 0 Å². The molecular formula is C18H16ClNO4. The molecule has 0 amide bonds. The second-order valence-electron chi connectivity index (χ2n) is 5.10. The maximum absolute atomic E-state index is 12.2. The van der Waals surface area contributed by atoms with Crippen LogP contribution in [0.4, 0.5) is 0 Å². The molecule has 2 aromatic carbocycles. The molecule has 0 fully saturated rings. The second-order valence-corrected chi connectivity index (χ2v) is 5.51. The van der Waals surface area contributed by atoms with Gasteiger partial charge in [-0.3, -0.25) is 0 Å². The highest BCUT2D eigenvalue weighted by Crippen LogP contribution is 2.41. The number of benzene rings is 2. The van der Waals surface area contributed by atoms with Crippen molar-refractivity contribution in [1.29, 1.82) is 0 Å². The fourth-order valence-corrected chi connectivity index (χ4v) is 2.95. The molecule has 0 aliphatic rings. The zero-order valence-electron chi connectivity index (χ0n) is 13.5. The fourth-order valence-electron chi connectivity index (χ4n) is 2.72. The van der Waals surface area contributed by atoms with Crippen LogP contribution < -0.4 is 9.47 Å². The SMILES string of the molecule is COC(=O)c1[nH]c2cc(OC)c(OC)cc2c1-c1ccccc1Cl. The molecule has 0 bridgehead atoms. The first-order valence-corrected chi connectivity index (χ1v) is 7.59. The summed E-state index contributed by atoms with van der Waals surface area (Å²) in [5, 5.41) is 1.33. The number of carbonyl (C=O) groups excluding carboxylic acids is 1. The van der Waals surface area contributed by atoms with E-state index in [0.717, 1.165) is 16.5 Å². The number of ether oxygens (including phenoxy) is 3. The molecule has 0 atom stereocenters. The van der Waals surface area contributed by atoms with Gasteiger partial charge in [0.2, 0.25) is 0 Å². The number of fused-ring (bicyclic) bond motifs is 1. The largest absolute Gasteiger partial charge is 0.493 e. The van der Waals surface area contributed by atoms with E-state index in [-0.39, 0.29) is 0 Å². The van der Waals surface area contributed by atoms with Gasteiger partial charge in [-0.15, -0.1) is 0 Å². The third kappa shape index (κ3) is 2.57. The molecule has 1 aromatic heterocycles. The van der Waals surface area contributed by atoms with Crippen molar-refractivity contribution >= 4 is 28.5 Å². The molecule has 0 aliphatic carbocycles. The van der Waals surface area contributed by atoms with Crippen molar-refractivity contribution in [3.05, 3.63) is 47.1 Å². The van der Waals surface area contributed by atoms with Crippen LogP contribution in [0.3, 0.4) is 0 Å². The van der Waals surface area contributed by atoms with E-state index in [1.807, 2.05) is 24.3 Å². The predicted octanol–water partition coefficient (Wildman–Crippen LogP) is 4.29. The van der Waals surface area contributed by atoms with Gasteiger partial charge in [0.25, 0.3) is 0 Å². The molecule has 5 nitrogen and oxygen atoms in total. The molecule has 0 spiro atoms. The number of esters is 1. The zero-order chi connectivity index (χ0) is 17.3. The van der Waals surface area contributed by atoms with E-state index in [4.69, 9.17) is 25.8 Å². The zero-order valence-corrected chi connectivity index (χ0v) is 14.2. The number of hydrogen-bond acceptors (Lipinski definition) is 4.